The van der Waals surface area contributed by atoms with Crippen LogP contribution in [0.3, 0.4) is 0 Å². The number of nitrogens with zero attached hydrogens (tertiary/aromatic N) is 1. The lowest BCUT2D eigenvalue weighted by atomic mass is 9.94. The number of hydrogen-bond acceptors (Lipinski definition) is 4. The van der Waals surface area contributed by atoms with E-state index in [1.807, 2.05) is 19.1 Å². The average Bonchev–Trinajstić information content (AvgIpc) is 2.62. The molecule has 0 aromatic heterocycles. The zero-order valence-electron chi connectivity index (χ0n) is 15.6. The van der Waals surface area contributed by atoms with Crippen molar-refractivity contribution in [3.05, 3.63) is 29.8 Å². The van der Waals surface area contributed by atoms with Gasteiger partial charge in [-0.15, -0.1) is 12.4 Å². The van der Waals surface area contributed by atoms with E-state index in [0.717, 1.165) is 44.1 Å². The maximum atomic E-state index is 12.5. The first-order chi connectivity index (χ1) is 12.0. The predicted octanol–water partition coefficient (Wildman–Crippen LogP) is 2.41. The fourth-order valence-corrected chi connectivity index (χ4v) is 5.06. The summed E-state index contributed by atoms with van der Waals surface area (Å²) in [6.07, 6.45) is 4.81. The molecule has 1 unspecified atom stereocenters. The predicted molar refractivity (Wildman–Crippen MR) is 108 cm³/mol. The fraction of sp³-hybridized carbons (Fsp3) is 0.684. The number of nitrogens with one attached hydrogen (secondary N) is 2. The Bertz CT molecular complexity index is 645. The maximum Gasteiger partial charge on any atom is 0.240 e. The van der Waals surface area contributed by atoms with Gasteiger partial charge < -0.3 is 10.2 Å². The zero-order chi connectivity index (χ0) is 17.7. The van der Waals surface area contributed by atoms with Gasteiger partial charge in [0, 0.05) is 19.6 Å². The topological polar surface area (TPSA) is 61.4 Å². The Morgan fingerprint density at radius 2 is 1.81 bits per heavy atom. The van der Waals surface area contributed by atoms with E-state index in [2.05, 4.69) is 14.9 Å². The number of rotatable bonds is 6. The number of halogens is 1. The van der Waals surface area contributed by atoms with E-state index in [0.29, 0.717) is 17.4 Å². The van der Waals surface area contributed by atoms with E-state index in [4.69, 9.17) is 0 Å². The largest absolute Gasteiger partial charge is 0.317 e. The van der Waals surface area contributed by atoms with Crippen molar-refractivity contribution in [2.24, 2.45) is 11.8 Å². The van der Waals surface area contributed by atoms with Gasteiger partial charge in [-0.05, 0) is 76.2 Å². The summed E-state index contributed by atoms with van der Waals surface area (Å²) in [6.45, 7) is 8.12. The minimum atomic E-state index is -3.40. The van der Waals surface area contributed by atoms with Crippen molar-refractivity contribution < 1.29 is 8.42 Å². The van der Waals surface area contributed by atoms with E-state index in [1.54, 1.807) is 12.1 Å². The van der Waals surface area contributed by atoms with E-state index in [9.17, 15) is 8.42 Å². The standard InChI is InChI=1S/C19H31N3O2S.ClH/c1-16-4-6-19(7-5-16)25(23,24)21-13-18-3-2-12-22(15-18)14-17-8-10-20-11-9-17;/h4-7,17-18,20-21H,2-3,8-15H2,1H3;1H. The molecule has 1 aromatic rings. The number of aryl methyl sites for hydroxylation is 1. The number of sulfonamides is 1. The van der Waals surface area contributed by atoms with Crippen LogP contribution in [-0.2, 0) is 10.0 Å². The smallest absolute Gasteiger partial charge is 0.240 e. The lowest BCUT2D eigenvalue weighted by molar-refractivity contribution is 0.141. The molecule has 2 fully saturated rings. The van der Waals surface area contributed by atoms with Gasteiger partial charge in [-0.3, -0.25) is 0 Å². The van der Waals surface area contributed by atoms with Gasteiger partial charge in [-0.25, -0.2) is 13.1 Å². The van der Waals surface area contributed by atoms with Gasteiger partial charge in [0.05, 0.1) is 4.90 Å². The Morgan fingerprint density at radius 1 is 1.12 bits per heavy atom. The Kier molecular flexibility index (Phi) is 8.36. The summed E-state index contributed by atoms with van der Waals surface area (Å²) >= 11 is 0. The van der Waals surface area contributed by atoms with Crippen LogP contribution in [0.15, 0.2) is 29.2 Å². The summed E-state index contributed by atoms with van der Waals surface area (Å²) in [6, 6.07) is 7.05. The second-order valence-electron chi connectivity index (χ2n) is 7.63. The third-order valence-electron chi connectivity index (χ3n) is 5.47. The summed E-state index contributed by atoms with van der Waals surface area (Å²) in [7, 11) is -3.40. The van der Waals surface area contributed by atoms with Crippen molar-refractivity contribution in [1.29, 1.82) is 0 Å². The minimum Gasteiger partial charge on any atom is -0.317 e. The molecule has 0 saturated carbocycles. The molecule has 0 bridgehead atoms. The highest BCUT2D eigenvalue weighted by Crippen LogP contribution is 2.21. The van der Waals surface area contributed by atoms with Crippen LogP contribution in [0.25, 0.3) is 0 Å². The molecule has 2 saturated heterocycles. The third-order valence-corrected chi connectivity index (χ3v) is 6.91. The van der Waals surface area contributed by atoms with E-state index < -0.39 is 10.0 Å². The second kappa shape index (κ2) is 10.0. The van der Waals surface area contributed by atoms with Gasteiger partial charge in [-0.1, -0.05) is 17.7 Å². The van der Waals surface area contributed by atoms with Crippen LogP contribution in [0.5, 0.6) is 0 Å². The van der Waals surface area contributed by atoms with Crippen LogP contribution < -0.4 is 10.0 Å². The number of benzene rings is 1. The molecule has 7 heteroatoms. The molecule has 148 valence electrons. The van der Waals surface area contributed by atoms with Crippen molar-refractivity contribution in [3.63, 3.8) is 0 Å². The van der Waals surface area contributed by atoms with Gasteiger partial charge >= 0.3 is 0 Å². The molecule has 2 heterocycles. The van der Waals surface area contributed by atoms with Crippen LogP contribution in [0, 0.1) is 18.8 Å². The first-order valence-electron chi connectivity index (χ1n) is 9.52. The van der Waals surface area contributed by atoms with Crippen molar-refractivity contribution >= 4 is 22.4 Å². The molecule has 2 aliphatic heterocycles. The Morgan fingerprint density at radius 3 is 2.50 bits per heavy atom. The Balaban J connectivity index is 0.00000243. The highest BCUT2D eigenvalue weighted by atomic mass is 35.5. The highest BCUT2D eigenvalue weighted by Gasteiger charge is 2.24. The van der Waals surface area contributed by atoms with Gasteiger partial charge in [0.25, 0.3) is 0 Å². The Hall–Kier alpha value is -0.660. The van der Waals surface area contributed by atoms with Gasteiger partial charge in [0.1, 0.15) is 0 Å². The molecule has 5 nitrogen and oxygen atoms in total. The summed E-state index contributed by atoms with van der Waals surface area (Å²) < 4.78 is 27.7. The van der Waals surface area contributed by atoms with Crippen molar-refractivity contribution in [2.45, 2.75) is 37.5 Å². The molecule has 0 aliphatic carbocycles. The van der Waals surface area contributed by atoms with Gasteiger partial charge in [-0.2, -0.15) is 0 Å². The molecule has 0 radical (unpaired) electrons. The van der Waals surface area contributed by atoms with Crippen molar-refractivity contribution in [2.75, 3.05) is 39.3 Å². The van der Waals surface area contributed by atoms with Crippen LogP contribution >= 0.6 is 12.4 Å². The minimum absolute atomic E-state index is 0. The number of hydrogen-bond donors (Lipinski definition) is 2. The lowest BCUT2D eigenvalue weighted by Crippen LogP contribution is -2.44. The molecule has 0 amide bonds. The van der Waals surface area contributed by atoms with E-state index in [1.165, 1.54) is 25.8 Å². The van der Waals surface area contributed by atoms with Crippen molar-refractivity contribution in [3.8, 4) is 0 Å². The molecule has 0 spiro atoms. The van der Waals surface area contributed by atoms with Crippen LogP contribution in [0.4, 0.5) is 0 Å². The van der Waals surface area contributed by atoms with Gasteiger partial charge in [0.2, 0.25) is 10.0 Å². The van der Waals surface area contributed by atoms with Gasteiger partial charge in [0.15, 0.2) is 0 Å². The second-order valence-corrected chi connectivity index (χ2v) is 9.39. The molecule has 2 aliphatic rings. The van der Waals surface area contributed by atoms with Crippen LogP contribution in [0.1, 0.15) is 31.2 Å². The highest BCUT2D eigenvalue weighted by molar-refractivity contribution is 7.89. The van der Waals surface area contributed by atoms with E-state index in [-0.39, 0.29) is 12.4 Å². The summed E-state index contributed by atoms with van der Waals surface area (Å²) in [5.74, 6) is 1.21. The molecule has 1 aromatic carbocycles. The molecule has 1 atom stereocenters. The molecular formula is C19H32ClN3O2S. The Labute approximate surface area is 164 Å². The SMILES string of the molecule is Cc1ccc(S(=O)(=O)NCC2CCCN(CC3CCNCC3)C2)cc1.Cl. The normalized spacial score (nSPS) is 22.7. The zero-order valence-corrected chi connectivity index (χ0v) is 17.2. The monoisotopic (exact) mass is 401 g/mol. The van der Waals surface area contributed by atoms with Crippen molar-refractivity contribution in [1.82, 2.24) is 14.9 Å². The number of likely N-dealkylation sites (tertiary alicyclic amines) is 1. The molecule has 2 N–H and O–H groups in total. The van der Waals surface area contributed by atoms with E-state index >= 15 is 0 Å². The third kappa shape index (κ3) is 6.20. The molecular weight excluding hydrogens is 370 g/mol. The van der Waals surface area contributed by atoms with Crippen LogP contribution in [-0.4, -0.2) is 52.6 Å². The summed E-state index contributed by atoms with van der Waals surface area (Å²) in [5.41, 5.74) is 1.07. The maximum absolute atomic E-state index is 12.5. The summed E-state index contributed by atoms with van der Waals surface area (Å²) in [4.78, 5) is 2.91. The lowest BCUT2D eigenvalue weighted by Gasteiger charge is -2.36. The quantitative estimate of drug-likeness (QED) is 0.768. The summed E-state index contributed by atoms with van der Waals surface area (Å²) in [5, 5.41) is 3.42. The first-order valence-corrected chi connectivity index (χ1v) is 11.0. The number of piperidine rings is 2. The molecule has 3 rings (SSSR count). The van der Waals surface area contributed by atoms with Crippen LogP contribution in [0.2, 0.25) is 0 Å². The molecule has 26 heavy (non-hydrogen) atoms. The average molecular weight is 402 g/mol. The first kappa shape index (κ1) is 21.6. The fourth-order valence-electron chi connectivity index (χ4n) is 3.94.